The molecule has 0 bridgehead atoms. The first-order chi connectivity index (χ1) is 7.91. The summed E-state index contributed by atoms with van der Waals surface area (Å²) in [5.74, 6) is -0.967. The molecule has 0 spiro atoms. The topological polar surface area (TPSA) is 105 Å². The Morgan fingerprint density at radius 3 is 2.82 bits per heavy atom. The molecule has 1 aromatic rings. The van der Waals surface area contributed by atoms with Gasteiger partial charge in [-0.3, -0.25) is 14.9 Å². The van der Waals surface area contributed by atoms with Crippen molar-refractivity contribution in [2.75, 3.05) is 0 Å². The molecule has 0 fully saturated rings. The van der Waals surface area contributed by atoms with Crippen molar-refractivity contribution in [3.8, 4) is 5.75 Å². The van der Waals surface area contributed by atoms with Gasteiger partial charge in [0, 0.05) is 23.6 Å². The normalized spacial score (nSPS) is 10.5. The van der Waals surface area contributed by atoms with Crippen molar-refractivity contribution in [2.45, 2.75) is 6.92 Å². The summed E-state index contributed by atoms with van der Waals surface area (Å²) in [5.41, 5.74) is 1.61. The van der Waals surface area contributed by atoms with E-state index in [4.69, 9.17) is 11.6 Å². The van der Waals surface area contributed by atoms with Gasteiger partial charge in [-0.05, 0) is 6.07 Å². The summed E-state index contributed by atoms with van der Waals surface area (Å²) in [7, 11) is 0. The van der Waals surface area contributed by atoms with Gasteiger partial charge in [-0.2, -0.15) is 5.10 Å². The molecule has 0 aromatic heterocycles. The van der Waals surface area contributed by atoms with Crippen LogP contribution in [0.5, 0.6) is 5.75 Å². The number of rotatable bonds is 3. The lowest BCUT2D eigenvalue weighted by Crippen LogP contribution is -2.12. The van der Waals surface area contributed by atoms with E-state index in [1.54, 1.807) is 0 Å². The van der Waals surface area contributed by atoms with Crippen LogP contribution >= 0.6 is 11.6 Å². The molecule has 1 rings (SSSR count). The third-order valence-electron chi connectivity index (χ3n) is 1.71. The van der Waals surface area contributed by atoms with E-state index >= 15 is 0 Å². The Bertz CT molecular complexity index is 501. The predicted octanol–water partition coefficient (Wildman–Crippen LogP) is 1.42. The van der Waals surface area contributed by atoms with E-state index < -0.39 is 22.3 Å². The average molecular weight is 258 g/mol. The first kappa shape index (κ1) is 12.9. The molecule has 1 aromatic carbocycles. The zero-order valence-corrected chi connectivity index (χ0v) is 9.43. The Hall–Kier alpha value is -2.15. The SMILES string of the molecule is CC(=O)N/N=C\c1cc(Cl)cc([N+](=O)[O-])c1O. The van der Waals surface area contributed by atoms with Crippen LogP contribution in [0.4, 0.5) is 5.69 Å². The summed E-state index contributed by atoms with van der Waals surface area (Å²) >= 11 is 5.64. The number of hydrazone groups is 1. The van der Waals surface area contributed by atoms with Gasteiger partial charge in [0.2, 0.25) is 11.7 Å². The molecule has 0 aliphatic heterocycles. The third kappa shape index (κ3) is 3.42. The molecule has 0 aliphatic carbocycles. The fourth-order valence-electron chi connectivity index (χ4n) is 1.04. The standard InChI is InChI=1S/C9H8ClN3O4/c1-5(14)12-11-4-6-2-7(10)3-8(9(6)15)13(16)17/h2-4,15H,1H3,(H,12,14)/b11-4-. The van der Waals surface area contributed by atoms with Crippen LogP contribution in [-0.2, 0) is 4.79 Å². The minimum Gasteiger partial charge on any atom is -0.502 e. The number of nitrogens with zero attached hydrogens (tertiary/aromatic N) is 2. The third-order valence-corrected chi connectivity index (χ3v) is 1.92. The zero-order chi connectivity index (χ0) is 13.0. The van der Waals surface area contributed by atoms with E-state index in [-0.39, 0.29) is 10.6 Å². The highest BCUT2D eigenvalue weighted by Gasteiger charge is 2.17. The summed E-state index contributed by atoms with van der Waals surface area (Å²) < 4.78 is 0. The Morgan fingerprint density at radius 2 is 2.29 bits per heavy atom. The maximum atomic E-state index is 10.6. The highest BCUT2D eigenvalue weighted by molar-refractivity contribution is 6.31. The minimum atomic E-state index is -0.767. The lowest BCUT2D eigenvalue weighted by Gasteiger charge is -2.01. The molecule has 7 nitrogen and oxygen atoms in total. The highest BCUT2D eigenvalue weighted by Crippen LogP contribution is 2.32. The van der Waals surface area contributed by atoms with Crippen molar-refractivity contribution >= 4 is 29.4 Å². The summed E-state index contributed by atoms with van der Waals surface area (Å²) in [6, 6.07) is 2.31. The largest absolute Gasteiger partial charge is 0.502 e. The Morgan fingerprint density at radius 1 is 1.65 bits per heavy atom. The summed E-state index contributed by atoms with van der Waals surface area (Å²) in [6.07, 6.45) is 1.07. The van der Waals surface area contributed by atoms with Crippen LogP contribution < -0.4 is 5.43 Å². The fraction of sp³-hybridized carbons (Fsp3) is 0.111. The number of nitro benzene ring substituents is 1. The fourth-order valence-corrected chi connectivity index (χ4v) is 1.26. The number of nitro groups is 1. The number of phenols is 1. The maximum Gasteiger partial charge on any atom is 0.312 e. The lowest BCUT2D eigenvalue weighted by molar-refractivity contribution is -0.385. The number of nitrogens with one attached hydrogen (secondary N) is 1. The number of aromatic hydroxyl groups is 1. The van der Waals surface area contributed by atoms with Gasteiger partial charge < -0.3 is 5.11 Å². The highest BCUT2D eigenvalue weighted by atomic mass is 35.5. The number of phenolic OH excluding ortho intramolecular Hbond substituents is 1. The quantitative estimate of drug-likeness (QED) is 0.485. The molecule has 2 N–H and O–H groups in total. The van der Waals surface area contributed by atoms with E-state index in [0.717, 1.165) is 12.3 Å². The van der Waals surface area contributed by atoms with Crippen LogP contribution in [0.3, 0.4) is 0 Å². The molecule has 0 radical (unpaired) electrons. The molecular formula is C9H8ClN3O4. The second-order valence-corrected chi connectivity index (χ2v) is 3.48. The van der Waals surface area contributed by atoms with Crippen LogP contribution in [0, 0.1) is 10.1 Å². The lowest BCUT2D eigenvalue weighted by atomic mass is 10.2. The summed E-state index contributed by atoms with van der Waals surface area (Å²) in [6.45, 7) is 1.25. The average Bonchev–Trinajstić information content (AvgIpc) is 2.21. The van der Waals surface area contributed by atoms with Crippen LogP contribution in [0.15, 0.2) is 17.2 Å². The van der Waals surface area contributed by atoms with Gasteiger partial charge in [-0.15, -0.1) is 0 Å². The first-order valence-corrected chi connectivity index (χ1v) is 4.76. The Kier molecular flexibility index (Phi) is 4.00. The second-order valence-electron chi connectivity index (χ2n) is 3.05. The number of carbonyl (C=O) groups excluding carboxylic acids is 1. The van der Waals surface area contributed by atoms with E-state index in [9.17, 15) is 20.0 Å². The summed E-state index contributed by atoms with van der Waals surface area (Å²) in [4.78, 5) is 20.4. The van der Waals surface area contributed by atoms with E-state index in [1.807, 2.05) is 0 Å². The maximum absolute atomic E-state index is 10.6. The molecule has 0 unspecified atom stereocenters. The van der Waals surface area contributed by atoms with Gasteiger partial charge in [0.1, 0.15) is 0 Å². The molecule has 8 heteroatoms. The molecule has 0 heterocycles. The molecule has 0 saturated heterocycles. The Labute approximate surface area is 101 Å². The van der Waals surface area contributed by atoms with Gasteiger partial charge in [0.05, 0.1) is 11.1 Å². The zero-order valence-electron chi connectivity index (χ0n) is 8.68. The predicted molar refractivity (Wildman–Crippen MR) is 61.2 cm³/mol. The van der Waals surface area contributed by atoms with Gasteiger partial charge in [0.15, 0.2) is 0 Å². The molecule has 17 heavy (non-hydrogen) atoms. The van der Waals surface area contributed by atoms with Crippen molar-refractivity contribution < 1.29 is 14.8 Å². The van der Waals surface area contributed by atoms with Crippen molar-refractivity contribution in [3.05, 3.63) is 32.8 Å². The molecule has 1 amide bonds. The van der Waals surface area contributed by atoms with Gasteiger partial charge in [-0.25, -0.2) is 5.43 Å². The van der Waals surface area contributed by atoms with Gasteiger partial charge >= 0.3 is 5.69 Å². The van der Waals surface area contributed by atoms with Gasteiger partial charge in [-0.1, -0.05) is 11.6 Å². The number of carbonyl (C=O) groups is 1. The van der Waals surface area contributed by atoms with Crippen molar-refractivity contribution in [1.82, 2.24) is 5.43 Å². The van der Waals surface area contributed by atoms with E-state index in [1.165, 1.54) is 13.0 Å². The van der Waals surface area contributed by atoms with Crippen molar-refractivity contribution in [3.63, 3.8) is 0 Å². The van der Waals surface area contributed by atoms with Crippen LogP contribution in [0.25, 0.3) is 0 Å². The number of hydrogen-bond acceptors (Lipinski definition) is 5. The first-order valence-electron chi connectivity index (χ1n) is 4.38. The van der Waals surface area contributed by atoms with Crippen LogP contribution in [0.2, 0.25) is 5.02 Å². The van der Waals surface area contributed by atoms with Gasteiger partial charge in [0.25, 0.3) is 0 Å². The monoisotopic (exact) mass is 257 g/mol. The van der Waals surface area contributed by atoms with Crippen LogP contribution in [0.1, 0.15) is 12.5 Å². The molecular weight excluding hydrogens is 250 g/mol. The van der Waals surface area contributed by atoms with Crippen LogP contribution in [-0.4, -0.2) is 22.2 Å². The minimum absolute atomic E-state index is 0.0398. The second kappa shape index (κ2) is 5.26. The number of halogens is 1. The summed E-state index contributed by atoms with van der Waals surface area (Å²) in [5, 5.41) is 23.7. The van der Waals surface area contributed by atoms with Crippen molar-refractivity contribution in [2.24, 2.45) is 5.10 Å². The molecule has 0 saturated carbocycles. The molecule has 0 aliphatic rings. The number of hydrogen-bond donors (Lipinski definition) is 2. The number of benzene rings is 1. The van der Waals surface area contributed by atoms with Crippen molar-refractivity contribution in [1.29, 1.82) is 0 Å². The molecule has 0 atom stereocenters. The van der Waals surface area contributed by atoms with E-state index in [0.29, 0.717) is 0 Å². The van der Waals surface area contributed by atoms with E-state index in [2.05, 4.69) is 10.5 Å². The smallest absolute Gasteiger partial charge is 0.312 e. The Balaban J connectivity index is 3.11. The molecule has 90 valence electrons. The number of amides is 1.